The zero-order chi connectivity index (χ0) is 15.9. The molecule has 4 heteroatoms. The van der Waals surface area contributed by atoms with Crippen LogP contribution < -0.4 is 5.32 Å². The molecule has 21 heavy (non-hydrogen) atoms. The third kappa shape index (κ3) is 12.3. The Labute approximate surface area is 128 Å². The van der Waals surface area contributed by atoms with Gasteiger partial charge in [0.1, 0.15) is 0 Å². The molecule has 2 unspecified atom stereocenters. The Morgan fingerprint density at radius 3 is 2.38 bits per heavy atom. The highest BCUT2D eigenvalue weighted by Crippen LogP contribution is 2.04. The molecule has 0 saturated carbocycles. The van der Waals surface area contributed by atoms with Crippen LogP contribution in [0.25, 0.3) is 0 Å². The summed E-state index contributed by atoms with van der Waals surface area (Å²) in [7, 11) is 0. The Balaban J connectivity index is 3.74. The van der Waals surface area contributed by atoms with Crippen LogP contribution in [0.2, 0.25) is 0 Å². The third-order valence-electron chi connectivity index (χ3n) is 3.22. The van der Waals surface area contributed by atoms with E-state index in [0.717, 1.165) is 19.3 Å². The predicted molar refractivity (Wildman–Crippen MR) is 87.0 cm³/mol. The molecule has 122 valence electrons. The molecule has 0 heterocycles. The van der Waals surface area contributed by atoms with Crippen LogP contribution in [0.3, 0.4) is 0 Å². The smallest absolute Gasteiger partial charge is 0.217 e. The fourth-order valence-corrected chi connectivity index (χ4v) is 1.99. The first-order valence-electron chi connectivity index (χ1n) is 7.99. The average Bonchev–Trinajstić information content (AvgIpc) is 2.46. The van der Waals surface area contributed by atoms with Gasteiger partial charge in [0.15, 0.2) is 0 Å². The van der Waals surface area contributed by atoms with E-state index in [1.54, 1.807) is 6.08 Å². The molecule has 0 aliphatic rings. The first-order chi connectivity index (χ1) is 10.1. The van der Waals surface area contributed by atoms with Gasteiger partial charge in [-0.25, -0.2) is 0 Å². The van der Waals surface area contributed by atoms with Crippen LogP contribution in [0.4, 0.5) is 0 Å². The van der Waals surface area contributed by atoms with Crippen LogP contribution in [-0.2, 0) is 4.79 Å². The average molecular weight is 297 g/mol. The molecule has 1 amide bonds. The Morgan fingerprint density at radius 2 is 1.76 bits per heavy atom. The lowest BCUT2D eigenvalue weighted by Crippen LogP contribution is -2.44. The summed E-state index contributed by atoms with van der Waals surface area (Å²) in [5.41, 5.74) is 0. The van der Waals surface area contributed by atoms with Gasteiger partial charge in [-0.05, 0) is 25.7 Å². The second kappa shape index (κ2) is 13.8. The highest BCUT2D eigenvalue weighted by molar-refractivity contribution is 5.73. The summed E-state index contributed by atoms with van der Waals surface area (Å²) in [4.78, 5) is 10.9. The summed E-state index contributed by atoms with van der Waals surface area (Å²) in [5, 5.41) is 21.4. The Hall–Kier alpha value is -1.13. The van der Waals surface area contributed by atoms with Gasteiger partial charge in [0.2, 0.25) is 5.91 Å². The second-order valence-electron chi connectivity index (χ2n) is 5.31. The number of hydrogen-bond donors (Lipinski definition) is 3. The van der Waals surface area contributed by atoms with E-state index in [2.05, 4.69) is 24.4 Å². The van der Waals surface area contributed by atoms with E-state index in [4.69, 9.17) is 5.11 Å². The summed E-state index contributed by atoms with van der Waals surface area (Å²) in [5.74, 6) is -0.257. The standard InChI is InChI=1S/C17H31NO3/c1-3-4-5-6-7-8-9-10-11-12-13-17(21)16(14-19)18-15(2)20/h8-9,12-13,16-17,19,21H,3-7,10-11,14H2,1-2H3,(H,18,20)/b9-8+,13-12+. The molecule has 0 rings (SSSR count). The van der Waals surface area contributed by atoms with E-state index < -0.39 is 12.1 Å². The Kier molecular flexibility index (Phi) is 13.1. The quantitative estimate of drug-likeness (QED) is 0.383. The van der Waals surface area contributed by atoms with Gasteiger partial charge in [-0.15, -0.1) is 0 Å². The maximum atomic E-state index is 10.9. The molecule has 0 aromatic carbocycles. The number of aliphatic hydroxyl groups is 2. The summed E-state index contributed by atoms with van der Waals surface area (Å²) in [6.07, 6.45) is 15.1. The van der Waals surface area contributed by atoms with Gasteiger partial charge in [0, 0.05) is 6.92 Å². The molecule has 2 atom stereocenters. The SMILES string of the molecule is CCCCCC/C=C/CC/C=C/C(O)C(CO)NC(C)=O. The zero-order valence-corrected chi connectivity index (χ0v) is 13.4. The summed E-state index contributed by atoms with van der Waals surface area (Å²) in [6, 6.07) is -0.632. The molecule has 0 aliphatic carbocycles. The minimum atomic E-state index is -0.850. The number of carbonyl (C=O) groups is 1. The van der Waals surface area contributed by atoms with Gasteiger partial charge in [-0.1, -0.05) is 50.5 Å². The van der Waals surface area contributed by atoms with E-state index in [-0.39, 0.29) is 12.5 Å². The molecular formula is C17H31NO3. The molecule has 4 nitrogen and oxygen atoms in total. The van der Waals surface area contributed by atoms with E-state index >= 15 is 0 Å². The van der Waals surface area contributed by atoms with Crippen molar-refractivity contribution >= 4 is 5.91 Å². The second-order valence-corrected chi connectivity index (χ2v) is 5.31. The number of rotatable bonds is 12. The minimum absolute atomic E-state index is 0.257. The molecule has 3 N–H and O–H groups in total. The van der Waals surface area contributed by atoms with E-state index in [0.29, 0.717) is 0 Å². The first kappa shape index (κ1) is 19.9. The number of amides is 1. The number of aliphatic hydroxyl groups excluding tert-OH is 2. The van der Waals surface area contributed by atoms with Gasteiger partial charge < -0.3 is 15.5 Å². The van der Waals surface area contributed by atoms with Gasteiger partial charge >= 0.3 is 0 Å². The number of nitrogens with one attached hydrogen (secondary N) is 1. The van der Waals surface area contributed by atoms with E-state index in [9.17, 15) is 9.90 Å². The fraction of sp³-hybridized carbons (Fsp3) is 0.706. The maximum absolute atomic E-state index is 10.9. The van der Waals surface area contributed by atoms with E-state index in [1.165, 1.54) is 32.6 Å². The highest BCUT2D eigenvalue weighted by Gasteiger charge is 2.15. The van der Waals surface area contributed by atoms with Gasteiger partial charge in [0.05, 0.1) is 18.8 Å². The van der Waals surface area contributed by atoms with Crippen molar-refractivity contribution in [2.45, 2.75) is 70.9 Å². The molecule has 0 aliphatic heterocycles. The monoisotopic (exact) mass is 297 g/mol. The van der Waals surface area contributed by atoms with Crippen LogP contribution >= 0.6 is 0 Å². The van der Waals surface area contributed by atoms with Crippen LogP contribution in [0, 0.1) is 0 Å². The predicted octanol–water partition coefficient (Wildman–Crippen LogP) is 2.71. The number of allylic oxidation sites excluding steroid dienone is 3. The number of unbranched alkanes of at least 4 members (excludes halogenated alkanes) is 5. The van der Waals surface area contributed by atoms with Crippen molar-refractivity contribution in [1.82, 2.24) is 5.32 Å². The van der Waals surface area contributed by atoms with Crippen molar-refractivity contribution in [2.24, 2.45) is 0 Å². The van der Waals surface area contributed by atoms with Crippen molar-refractivity contribution in [3.8, 4) is 0 Å². The van der Waals surface area contributed by atoms with Crippen LogP contribution in [0.15, 0.2) is 24.3 Å². The lowest BCUT2D eigenvalue weighted by atomic mass is 10.1. The largest absolute Gasteiger partial charge is 0.394 e. The summed E-state index contributed by atoms with van der Waals surface area (Å²) < 4.78 is 0. The van der Waals surface area contributed by atoms with Crippen molar-refractivity contribution in [2.75, 3.05) is 6.61 Å². The number of carbonyl (C=O) groups excluding carboxylic acids is 1. The molecule has 0 radical (unpaired) electrons. The Bertz CT molecular complexity index is 313. The molecule has 0 aromatic rings. The maximum Gasteiger partial charge on any atom is 0.217 e. The summed E-state index contributed by atoms with van der Waals surface area (Å²) in [6.45, 7) is 3.30. The molecule has 0 spiro atoms. The normalized spacial score (nSPS) is 14.7. The van der Waals surface area contributed by atoms with Crippen LogP contribution in [-0.4, -0.2) is 34.9 Å². The molecule has 0 fully saturated rings. The minimum Gasteiger partial charge on any atom is -0.394 e. The van der Waals surface area contributed by atoms with Crippen molar-refractivity contribution in [1.29, 1.82) is 0 Å². The van der Waals surface area contributed by atoms with Crippen molar-refractivity contribution < 1.29 is 15.0 Å². The molecule has 0 aromatic heterocycles. The fourth-order valence-electron chi connectivity index (χ4n) is 1.99. The molecular weight excluding hydrogens is 266 g/mol. The van der Waals surface area contributed by atoms with Crippen LogP contribution in [0.1, 0.15) is 58.8 Å². The molecule has 0 saturated heterocycles. The van der Waals surface area contributed by atoms with Crippen molar-refractivity contribution in [3.63, 3.8) is 0 Å². The third-order valence-corrected chi connectivity index (χ3v) is 3.22. The molecule has 0 bridgehead atoms. The Morgan fingerprint density at radius 1 is 1.10 bits per heavy atom. The van der Waals surface area contributed by atoms with Gasteiger partial charge in [-0.3, -0.25) is 4.79 Å². The summed E-state index contributed by atoms with van der Waals surface area (Å²) >= 11 is 0. The van der Waals surface area contributed by atoms with E-state index in [1.807, 2.05) is 6.08 Å². The van der Waals surface area contributed by atoms with Gasteiger partial charge in [-0.2, -0.15) is 0 Å². The van der Waals surface area contributed by atoms with Gasteiger partial charge in [0.25, 0.3) is 0 Å². The lowest BCUT2D eigenvalue weighted by molar-refractivity contribution is -0.120. The highest BCUT2D eigenvalue weighted by atomic mass is 16.3. The number of hydrogen-bond acceptors (Lipinski definition) is 3. The first-order valence-corrected chi connectivity index (χ1v) is 7.99. The van der Waals surface area contributed by atoms with Crippen LogP contribution in [0.5, 0.6) is 0 Å². The zero-order valence-electron chi connectivity index (χ0n) is 13.4. The van der Waals surface area contributed by atoms with Crippen molar-refractivity contribution in [3.05, 3.63) is 24.3 Å². The topological polar surface area (TPSA) is 69.6 Å². The lowest BCUT2D eigenvalue weighted by Gasteiger charge is -2.18.